The number of anilines is 1. The molecule has 6 nitrogen and oxygen atoms in total. The lowest BCUT2D eigenvalue weighted by Crippen LogP contribution is -2.39. The Kier molecular flexibility index (Phi) is 5.61. The third-order valence-electron chi connectivity index (χ3n) is 6.46. The number of likely N-dealkylation sites (tertiary alicyclic amines) is 1. The quantitative estimate of drug-likeness (QED) is 0.572. The van der Waals surface area contributed by atoms with Crippen molar-refractivity contribution in [3.63, 3.8) is 0 Å². The molecule has 0 amide bonds. The van der Waals surface area contributed by atoms with Crippen molar-refractivity contribution in [2.75, 3.05) is 38.1 Å². The normalized spacial score (nSPS) is 21.4. The first-order valence-corrected chi connectivity index (χ1v) is 11.2. The van der Waals surface area contributed by atoms with Crippen LogP contribution in [0.1, 0.15) is 56.7 Å². The summed E-state index contributed by atoms with van der Waals surface area (Å²) in [5.41, 5.74) is 3.27. The number of hydrogen-bond acceptors (Lipinski definition) is 6. The van der Waals surface area contributed by atoms with Crippen molar-refractivity contribution in [2.24, 2.45) is 0 Å². The van der Waals surface area contributed by atoms with Gasteiger partial charge in [0, 0.05) is 41.9 Å². The number of carbonyl (C=O) groups excluding carboxylic acids is 2. The number of epoxide rings is 1. The molecule has 2 aliphatic heterocycles. The summed E-state index contributed by atoms with van der Waals surface area (Å²) in [6, 6.07) is 10.8. The summed E-state index contributed by atoms with van der Waals surface area (Å²) in [6.45, 7) is 3.68. The summed E-state index contributed by atoms with van der Waals surface area (Å²) in [5, 5.41) is 13.8. The summed E-state index contributed by atoms with van der Waals surface area (Å²) in [7, 11) is 0. The zero-order valence-electron chi connectivity index (χ0n) is 17.6. The molecule has 2 N–H and O–H groups in total. The van der Waals surface area contributed by atoms with Crippen LogP contribution in [0.25, 0.3) is 0 Å². The summed E-state index contributed by atoms with van der Waals surface area (Å²) in [6.07, 6.45) is 3.81. The number of ether oxygens (including phenoxy) is 1. The predicted octanol–water partition coefficient (Wildman–Crippen LogP) is 2.66. The van der Waals surface area contributed by atoms with Crippen molar-refractivity contribution in [3.8, 4) is 0 Å². The van der Waals surface area contributed by atoms with Gasteiger partial charge < -0.3 is 20.1 Å². The highest BCUT2D eigenvalue weighted by atomic mass is 16.6. The second kappa shape index (κ2) is 8.54. The number of ketones is 2. The number of fused-ring (bicyclic) bond motifs is 2. The van der Waals surface area contributed by atoms with Gasteiger partial charge in [-0.1, -0.05) is 36.8 Å². The Balaban J connectivity index is 1.42. The van der Waals surface area contributed by atoms with Crippen LogP contribution in [0.3, 0.4) is 0 Å². The summed E-state index contributed by atoms with van der Waals surface area (Å²) in [4.78, 5) is 29.0. The van der Waals surface area contributed by atoms with E-state index in [1.807, 2.05) is 12.1 Å². The van der Waals surface area contributed by atoms with E-state index in [-0.39, 0.29) is 17.7 Å². The van der Waals surface area contributed by atoms with Gasteiger partial charge in [0.25, 0.3) is 0 Å². The Morgan fingerprint density at radius 2 is 1.68 bits per heavy atom. The van der Waals surface area contributed by atoms with E-state index >= 15 is 0 Å². The molecule has 162 valence electrons. The minimum absolute atomic E-state index is 0.113. The van der Waals surface area contributed by atoms with E-state index in [1.165, 1.54) is 19.3 Å². The van der Waals surface area contributed by atoms with E-state index in [0.29, 0.717) is 54.1 Å². The van der Waals surface area contributed by atoms with Crippen LogP contribution in [0.2, 0.25) is 0 Å². The standard InChI is InChI=1S/C25H28N2O4/c28-17(14-27-10-4-1-5-11-27)13-26-21-9-8-16(12-18-15-31-18)22-23(21)25(30)20-7-3-2-6-19(20)24(22)29/h2-3,6-9,17-18,26,28H,1,4-5,10-15H2. The number of β-amino-alcohol motifs (C(OH)–C–C–N with tert-alkyl or cyclic N) is 1. The van der Waals surface area contributed by atoms with E-state index < -0.39 is 6.10 Å². The molecule has 0 radical (unpaired) electrons. The molecule has 2 fully saturated rings. The molecular weight excluding hydrogens is 392 g/mol. The first-order valence-electron chi connectivity index (χ1n) is 11.2. The topological polar surface area (TPSA) is 82.2 Å². The fourth-order valence-electron chi connectivity index (χ4n) is 4.77. The number of nitrogens with one attached hydrogen (secondary N) is 1. The van der Waals surface area contributed by atoms with Gasteiger partial charge in [-0.15, -0.1) is 0 Å². The SMILES string of the molecule is O=C1c2ccccc2C(=O)c2c(NCC(O)CN3CCCCC3)ccc(CC3CO3)c21. The molecule has 1 aliphatic carbocycles. The van der Waals surface area contributed by atoms with Crippen molar-refractivity contribution in [1.82, 2.24) is 4.90 Å². The Morgan fingerprint density at radius 1 is 1.00 bits per heavy atom. The van der Waals surface area contributed by atoms with Crippen molar-refractivity contribution in [2.45, 2.75) is 37.9 Å². The second-order valence-corrected chi connectivity index (χ2v) is 8.78. The molecule has 0 spiro atoms. The molecular formula is C25H28N2O4. The maximum atomic E-state index is 13.4. The number of nitrogens with zero attached hydrogens (tertiary/aromatic N) is 1. The number of aliphatic hydroxyl groups excluding tert-OH is 1. The zero-order chi connectivity index (χ0) is 21.4. The van der Waals surface area contributed by atoms with Gasteiger partial charge in [0.05, 0.1) is 24.4 Å². The molecule has 2 atom stereocenters. The average molecular weight is 421 g/mol. The van der Waals surface area contributed by atoms with Crippen LogP contribution >= 0.6 is 0 Å². The van der Waals surface area contributed by atoms with Crippen LogP contribution in [0.5, 0.6) is 0 Å². The fraction of sp³-hybridized carbons (Fsp3) is 0.440. The Labute approximate surface area is 182 Å². The lowest BCUT2D eigenvalue weighted by molar-refractivity contribution is 0.0978. The number of hydrogen-bond donors (Lipinski definition) is 2. The highest BCUT2D eigenvalue weighted by Crippen LogP contribution is 2.35. The Hall–Kier alpha value is -2.54. The molecule has 6 heteroatoms. The van der Waals surface area contributed by atoms with Crippen LogP contribution in [0, 0.1) is 0 Å². The molecule has 2 aromatic carbocycles. The van der Waals surface area contributed by atoms with Gasteiger partial charge in [0.2, 0.25) is 0 Å². The summed E-state index contributed by atoms with van der Waals surface area (Å²) < 4.78 is 5.37. The number of aliphatic hydroxyl groups is 1. The van der Waals surface area contributed by atoms with Gasteiger partial charge in [-0.3, -0.25) is 9.59 Å². The number of benzene rings is 2. The summed E-state index contributed by atoms with van der Waals surface area (Å²) in [5.74, 6) is -0.254. The number of piperidine rings is 1. The van der Waals surface area contributed by atoms with Crippen LogP contribution in [0.15, 0.2) is 36.4 Å². The molecule has 0 bridgehead atoms. The minimum Gasteiger partial charge on any atom is -0.390 e. The molecule has 2 unspecified atom stereocenters. The van der Waals surface area contributed by atoms with E-state index in [0.717, 1.165) is 18.7 Å². The average Bonchev–Trinajstić information content (AvgIpc) is 3.61. The fourth-order valence-corrected chi connectivity index (χ4v) is 4.77. The molecule has 31 heavy (non-hydrogen) atoms. The largest absolute Gasteiger partial charge is 0.390 e. The van der Waals surface area contributed by atoms with Gasteiger partial charge in [0.1, 0.15) is 0 Å². The van der Waals surface area contributed by atoms with Gasteiger partial charge >= 0.3 is 0 Å². The third-order valence-corrected chi connectivity index (χ3v) is 6.46. The van der Waals surface area contributed by atoms with Gasteiger partial charge in [-0.05, 0) is 37.6 Å². The smallest absolute Gasteiger partial charge is 0.196 e. The molecule has 0 aromatic heterocycles. The zero-order valence-corrected chi connectivity index (χ0v) is 17.6. The van der Waals surface area contributed by atoms with E-state index in [9.17, 15) is 14.7 Å². The molecule has 0 saturated carbocycles. The van der Waals surface area contributed by atoms with Crippen molar-refractivity contribution >= 4 is 17.3 Å². The number of rotatable bonds is 7. The maximum absolute atomic E-state index is 13.4. The van der Waals surface area contributed by atoms with Crippen LogP contribution in [-0.2, 0) is 11.2 Å². The number of carbonyl (C=O) groups is 2. The molecule has 5 rings (SSSR count). The van der Waals surface area contributed by atoms with Crippen molar-refractivity contribution < 1.29 is 19.4 Å². The van der Waals surface area contributed by atoms with E-state index in [1.54, 1.807) is 24.3 Å². The van der Waals surface area contributed by atoms with Crippen molar-refractivity contribution in [3.05, 3.63) is 64.2 Å². The van der Waals surface area contributed by atoms with Gasteiger partial charge in [0.15, 0.2) is 11.6 Å². The third kappa shape index (κ3) is 4.15. The maximum Gasteiger partial charge on any atom is 0.196 e. The van der Waals surface area contributed by atoms with Gasteiger partial charge in [-0.2, -0.15) is 0 Å². The minimum atomic E-state index is -0.546. The van der Waals surface area contributed by atoms with Gasteiger partial charge in [-0.25, -0.2) is 0 Å². The Morgan fingerprint density at radius 3 is 2.35 bits per heavy atom. The highest BCUT2D eigenvalue weighted by Gasteiger charge is 2.35. The molecule has 2 aromatic rings. The Bertz CT molecular complexity index is 1010. The highest BCUT2D eigenvalue weighted by molar-refractivity contribution is 6.30. The first kappa shape index (κ1) is 20.4. The van der Waals surface area contributed by atoms with Crippen LogP contribution in [0.4, 0.5) is 5.69 Å². The predicted molar refractivity (Wildman–Crippen MR) is 118 cm³/mol. The van der Waals surface area contributed by atoms with Crippen LogP contribution in [-0.4, -0.2) is 66.6 Å². The summed E-state index contributed by atoms with van der Waals surface area (Å²) >= 11 is 0. The lowest BCUT2D eigenvalue weighted by Gasteiger charge is -2.29. The van der Waals surface area contributed by atoms with Crippen LogP contribution < -0.4 is 5.32 Å². The lowest BCUT2D eigenvalue weighted by atomic mass is 9.80. The second-order valence-electron chi connectivity index (χ2n) is 8.78. The first-order chi connectivity index (χ1) is 15.1. The monoisotopic (exact) mass is 420 g/mol. The van der Waals surface area contributed by atoms with Crippen molar-refractivity contribution in [1.29, 1.82) is 0 Å². The molecule has 3 aliphatic rings. The molecule has 2 saturated heterocycles. The van der Waals surface area contributed by atoms with E-state index in [2.05, 4.69) is 10.2 Å². The molecule has 2 heterocycles. The van der Waals surface area contributed by atoms with E-state index in [4.69, 9.17) is 4.74 Å².